The van der Waals surface area contributed by atoms with Crippen molar-refractivity contribution in [3.05, 3.63) is 0 Å². The number of guanidine groups is 1. The van der Waals surface area contributed by atoms with Gasteiger partial charge in [-0.1, -0.05) is 13.8 Å². The predicted octanol–water partition coefficient (Wildman–Crippen LogP) is 1.97. The fourth-order valence-electron chi connectivity index (χ4n) is 3.69. The Hall–Kier alpha value is -0.530. The topological polar surface area (TPSA) is 56.7 Å². The summed E-state index contributed by atoms with van der Waals surface area (Å²) in [5.74, 6) is 1.26. The highest BCUT2D eigenvalue weighted by molar-refractivity contribution is 14.0. The van der Waals surface area contributed by atoms with Gasteiger partial charge in [-0.05, 0) is 31.6 Å². The van der Waals surface area contributed by atoms with Gasteiger partial charge in [0.15, 0.2) is 5.96 Å². The quantitative estimate of drug-likeness (QED) is 0.408. The predicted molar refractivity (Wildman–Crippen MR) is 99.6 cm³/mol. The Bertz CT molecular complexity index is 465. The lowest BCUT2D eigenvalue weighted by atomic mass is 9.79. The van der Waals surface area contributed by atoms with E-state index in [1.54, 1.807) is 0 Å². The number of amides is 1. The van der Waals surface area contributed by atoms with Gasteiger partial charge in [0.05, 0.1) is 0 Å². The Balaban J connectivity index is 0.00000176. The van der Waals surface area contributed by atoms with Gasteiger partial charge in [0.1, 0.15) is 0 Å². The minimum absolute atomic E-state index is 0. The molecule has 0 aromatic heterocycles. The van der Waals surface area contributed by atoms with Gasteiger partial charge in [-0.2, -0.15) is 0 Å². The average Bonchev–Trinajstić information content (AvgIpc) is 2.87. The molecule has 5 nitrogen and oxygen atoms in total. The number of hydrogen-bond donors (Lipinski definition) is 2. The molecular formula is C16H29IN4O. The van der Waals surface area contributed by atoms with Crippen LogP contribution in [0.3, 0.4) is 0 Å². The molecule has 6 heteroatoms. The molecule has 126 valence electrons. The van der Waals surface area contributed by atoms with Crippen LogP contribution in [-0.4, -0.2) is 49.0 Å². The molecule has 0 aromatic carbocycles. The van der Waals surface area contributed by atoms with Crippen molar-refractivity contribution in [2.75, 3.05) is 26.2 Å². The van der Waals surface area contributed by atoms with E-state index in [9.17, 15) is 4.79 Å². The van der Waals surface area contributed by atoms with Crippen molar-refractivity contribution in [1.29, 1.82) is 0 Å². The second kappa shape index (κ2) is 6.53. The zero-order valence-corrected chi connectivity index (χ0v) is 16.3. The number of hydrogen-bond acceptors (Lipinski definition) is 2. The minimum atomic E-state index is 0. The number of nitrogens with zero attached hydrogens (tertiary/aromatic N) is 2. The first-order valence-electron chi connectivity index (χ1n) is 8.27. The molecule has 2 heterocycles. The van der Waals surface area contributed by atoms with E-state index in [-0.39, 0.29) is 35.3 Å². The molecule has 22 heavy (non-hydrogen) atoms. The van der Waals surface area contributed by atoms with Crippen molar-refractivity contribution in [3.63, 3.8) is 0 Å². The van der Waals surface area contributed by atoms with Crippen LogP contribution in [0, 0.1) is 10.8 Å². The Morgan fingerprint density at radius 2 is 2.23 bits per heavy atom. The first kappa shape index (κ1) is 17.8. The van der Waals surface area contributed by atoms with Gasteiger partial charge < -0.3 is 15.5 Å². The van der Waals surface area contributed by atoms with Gasteiger partial charge in [0, 0.05) is 44.1 Å². The molecule has 3 rings (SSSR count). The molecule has 3 aliphatic rings. The second-order valence-corrected chi connectivity index (χ2v) is 7.67. The Kier molecular flexibility index (Phi) is 5.29. The van der Waals surface area contributed by atoms with Gasteiger partial charge >= 0.3 is 0 Å². The fourth-order valence-corrected chi connectivity index (χ4v) is 3.69. The lowest BCUT2D eigenvalue weighted by molar-refractivity contribution is -0.119. The van der Waals surface area contributed by atoms with Crippen LogP contribution in [0.15, 0.2) is 4.99 Å². The summed E-state index contributed by atoms with van der Waals surface area (Å²) in [6.07, 6.45) is 4.19. The van der Waals surface area contributed by atoms with Crippen LogP contribution in [-0.2, 0) is 4.79 Å². The highest BCUT2D eigenvalue weighted by Gasteiger charge is 2.48. The summed E-state index contributed by atoms with van der Waals surface area (Å²) in [7, 11) is 0. The average molecular weight is 420 g/mol. The van der Waals surface area contributed by atoms with E-state index in [2.05, 4.69) is 36.3 Å². The molecule has 1 saturated carbocycles. The zero-order valence-electron chi connectivity index (χ0n) is 13.9. The normalized spacial score (nSPS) is 33.4. The van der Waals surface area contributed by atoms with Crippen LogP contribution < -0.4 is 10.6 Å². The van der Waals surface area contributed by atoms with E-state index in [0.29, 0.717) is 17.9 Å². The molecule has 0 radical (unpaired) electrons. The van der Waals surface area contributed by atoms with E-state index in [0.717, 1.165) is 45.0 Å². The van der Waals surface area contributed by atoms with E-state index < -0.39 is 0 Å². The van der Waals surface area contributed by atoms with E-state index in [4.69, 9.17) is 4.99 Å². The monoisotopic (exact) mass is 420 g/mol. The van der Waals surface area contributed by atoms with Crippen LogP contribution in [0.2, 0.25) is 0 Å². The maximum absolute atomic E-state index is 11.6. The molecule has 1 amide bonds. The molecule has 1 spiro atoms. The van der Waals surface area contributed by atoms with Crippen molar-refractivity contribution in [2.45, 2.75) is 52.5 Å². The van der Waals surface area contributed by atoms with E-state index >= 15 is 0 Å². The first-order valence-corrected chi connectivity index (χ1v) is 8.27. The molecule has 2 N–H and O–H groups in total. The highest BCUT2D eigenvalue weighted by atomic mass is 127. The van der Waals surface area contributed by atoms with Crippen molar-refractivity contribution in [2.24, 2.45) is 15.8 Å². The van der Waals surface area contributed by atoms with Crippen LogP contribution in [0.25, 0.3) is 0 Å². The van der Waals surface area contributed by atoms with Gasteiger partial charge in [-0.3, -0.25) is 9.79 Å². The summed E-state index contributed by atoms with van der Waals surface area (Å²) in [5.41, 5.74) is 0.525. The number of aliphatic imine (C=N–C) groups is 1. The Labute approximate surface area is 150 Å². The van der Waals surface area contributed by atoms with Crippen LogP contribution in [0.5, 0.6) is 0 Å². The maximum atomic E-state index is 11.6. The van der Waals surface area contributed by atoms with E-state index in [1.807, 2.05) is 0 Å². The van der Waals surface area contributed by atoms with Gasteiger partial charge in [0.2, 0.25) is 5.91 Å². The van der Waals surface area contributed by atoms with Gasteiger partial charge in [-0.15, -0.1) is 24.0 Å². The van der Waals surface area contributed by atoms with Crippen molar-refractivity contribution < 1.29 is 4.79 Å². The molecule has 0 aromatic rings. The molecule has 2 atom stereocenters. The number of likely N-dealkylation sites (tertiary alicyclic amines) is 1. The number of piperidine rings is 1. The number of rotatable bonds is 2. The van der Waals surface area contributed by atoms with Crippen LogP contribution in [0.1, 0.15) is 46.5 Å². The molecular weight excluding hydrogens is 391 g/mol. The van der Waals surface area contributed by atoms with Crippen LogP contribution in [0.4, 0.5) is 0 Å². The zero-order chi connectivity index (χ0) is 15.1. The summed E-state index contributed by atoms with van der Waals surface area (Å²) in [4.78, 5) is 18.7. The number of nitrogens with one attached hydrogen (secondary N) is 2. The lowest BCUT2D eigenvalue weighted by Crippen LogP contribution is -2.52. The smallest absolute Gasteiger partial charge is 0.220 e. The number of carbonyl (C=O) groups excluding carboxylic acids is 1. The van der Waals surface area contributed by atoms with Crippen molar-refractivity contribution in [3.8, 4) is 0 Å². The maximum Gasteiger partial charge on any atom is 0.220 e. The second-order valence-electron chi connectivity index (χ2n) is 7.67. The van der Waals surface area contributed by atoms with E-state index in [1.165, 1.54) is 6.42 Å². The Morgan fingerprint density at radius 3 is 2.77 bits per heavy atom. The number of halogens is 1. The third-order valence-electron chi connectivity index (χ3n) is 5.28. The van der Waals surface area contributed by atoms with Gasteiger partial charge in [-0.25, -0.2) is 0 Å². The minimum Gasteiger partial charge on any atom is -0.355 e. The lowest BCUT2D eigenvalue weighted by Gasteiger charge is -2.41. The fraction of sp³-hybridized carbons (Fsp3) is 0.875. The largest absolute Gasteiger partial charge is 0.355 e. The van der Waals surface area contributed by atoms with Crippen molar-refractivity contribution in [1.82, 2.24) is 15.5 Å². The summed E-state index contributed by atoms with van der Waals surface area (Å²) in [5, 5.41) is 6.65. The van der Waals surface area contributed by atoms with Crippen molar-refractivity contribution >= 4 is 35.8 Å². The summed E-state index contributed by atoms with van der Waals surface area (Å²) in [6, 6.07) is 0.545. The third-order valence-corrected chi connectivity index (χ3v) is 5.28. The summed E-state index contributed by atoms with van der Waals surface area (Å²) in [6.45, 7) is 10.3. The molecule has 0 bridgehead atoms. The molecule has 2 unspecified atom stereocenters. The van der Waals surface area contributed by atoms with Crippen LogP contribution >= 0.6 is 24.0 Å². The molecule has 2 aliphatic heterocycles. The molecule has 3 fully saturated rings. The third kappa shape index (κ3) is 3.68. The highest BCUT2D eigenvalue weighted by Crippen LogP contribution is 2.45. The standard InChI is InChI=1S/C16H28N4O.HI/c1-4-17-14(19-12-8-15(12,2)3)20-7-5-6-16(11-20)9-13(21)18-10-16;/h12H,4-11H2,1-3H3,(H,17,19)(H,18,21);1H. The Morgan fingerprint density at radius 1 is 1.50 bits per heavy atom. The number of carbonyl (C=O) groups is 1. The first-order chi connectivity index (χ1) is 9.94. The summed E-state index contributed by atoms with van der Waals surface area (Å²) >= 11 is 0. The molecule has 2 saturated heterocycles. The van der Waals surface area contributed by atoms with Gasteiger partial charge in [0.25, 0.3) is 0 Å². The molecule has 1 aliphatic carbocycles. The SMILES string of the molecule is CCN=C(NC1CC1(C)C)N1CCCC2(CNC(=O)C2)C1.I. The summed E-state index contributed by atoms with van der Waals surface area (Å²) < 4.78 is 0.